The molecule has 0 amide bonds. The second-order valence-corrected chi connectivity index (χ2v) is 8.05. The molecule has 6 heteroatoms. The van der Waals surface area contributed by atoms with E-state index >= 15 is 0 Å². The molecule has 30 heavy (non-hydrogen) atoms. The van der Waals surface area contributed by atoms with Gasteiger partial charge in [-0.3, -0.25) is 0 Å². The van der Waals surface area contributed by atoms with Crippen molar-refractivity contribution < 1.29 is 23.0 Å². The van der Waals surface area contributed by atoms with Gasteiger partial charge >= 0.3 is 6.18 Å². The zero-order chi connectivity index (χ0) is 21.8. The second kappa shape index (κ2) is 9.33. The summed E-state index contributed by atoms with van der Waals surface area (Å²) in [6.07, 6.45) is -0.389. The quantitative estimate of drug-likeness (QED) is 0.755. The van der Waals surface area contributed by atoms with E-state index in [1.807, 2.05) is 24.3 Å². The van der Waals surface area contributed by atoms with Crippen LogP contribution in [0.5, 0.6) is 0 Å². The van der Waals surface area contributed by atoms with Gasteiger partial charge in [-0.2, -0.15) is 13.2 Å². The lowest BCUT2D eigenvalue weighted by Gasteiger charge is -2.36. The van der Waals surface area contributed by atoms with Crippen molar-refractivity contribution in [2.24, 2.45) is 0 Å². The Kier molecular flexibility index (Phi) is 7.01. The predicted octanol–water partition coefficient (Wildman–Crippen LogP) is 5.06. The number of rotatable bonds is 3. The minimum absolute atomic E-state index is 0.403. The largest absolute Gasteiger partial charge is 0.416 e. The Balaban J connectivity index is 0.000000177. The van der Waals surface area contributed by atoms with E-state index in [0.29, 0.717) is 19.1 Å². The Morgan fingerprint density at radius 3 is 2.03 bits per heavy atom. The summed E-state index contributed by atoms with van der Waals surface area (Å²) < 4.78 is 42.2. The van der Waals surface area contributed by atoms with Crippen LogP contribution in [0.3, 0.4) is 0 Å². The molecule has 0 atom stereocenters. The van der Waals surface area contributed by atoms with Gasteiger partial charge in [0.1, 0.15) is 5.60 Å². The number of hydrogen-bond donors (Lipinski definition) is 1. The first-order chi connectivity index (χ1) is 14.2. The highest BCUT2D eigenvalue weighted by Crippen LogP contribution is 2.32. The van der Waals surface area contributed by atoms with Crippen LogP contribution in [0, 0.1) is 0 Å². The molecule has 4 rings (SSSR count). The topological polar surface area (TPSA) is 32.7 Å². The van der Waals surface area contributed by atoms with Crippen LogP contribution in [0.2, 0.25) is 0 Å². The van der Waals surface area contributed by atoms with Crippen LogP contribution in [-0.2, 0) is 16.5 Å². The fraction of sp³-hybridized carbons (Fsp3) is 0.417. The molecule has 3 nitrogen and oxygen atoms in total. The monoisotopic (exact) mass is 419 g/mol. The van der Waals surface area contributed by atoms with Gasteiger partial charge in [0, 0.05) is 0 Å². The Labute approximate surface area is 175 Å². The summed E-state index contributed by atoms with van der Waals surface area (Å²) >= 11 is 0. The van der Waals surface area contributed by atoms with Gasteiger partial charge in [-0.25, -0.2) is 0 Å². The average Bonchev–Trinajstić information content (AvgIpc) is 2.73. The van der Waals surface area contributed by atoms with E-state index in [0.717, 1.165) is 42.6 Å². The molecule has 1 N–H and O–H groups in total. The average molecular weight is 419 g/mol. The molecule has 2 fully saturated rings. The maximum absolute atomic E-state index is 12.4. The zero-order valence-corrected chi connectivity index (χ0v) is 17.2. The van der Waals surface area contributed by atoms with Crippen molar-refractivity contribution >= 4 is 6.08 Å². The standard InChI is InChI=1S/C13H16F3N.C11H12O2/c1-17-8-6-11(7-9-17)10-2-4-12(5-3-10)13(14,15)16;1-2-9-3-5-10(6-4-9)11(12)7-13-8-11/h2-5,11H,6-9H2,1H3;2-6,12H,1,7-8H2. The zero-order valence-electron chi connectivity index (χ0n) is 17.2. The van der Waals surface area contributed by atoms with E-state index in [9.17, 15) is 18.3 Å². The van der Waals surface area contributed by atoms with Crippen LogP contribution in [0.1, 0.15) is 41.0 Å². The fourth-order valence-corrected chi connectivity index (χ4v) is 3.68. The molecule has 0 saturated carbocycles. The van der Waals surface area contributed by atoms with Gasteiger partial charge in [-0.1, -0.05) is 49.1 Å². The smallest absolute Gasteiger partial charge is 0.380 e. The summed E-state index contributed by atoms with van der Waals surface area (Å²) in [6, 6.07) is 13.3. The molecule has 0 aromatic heterocycles. The molecule has 2 aliphatic rings. The SMILES string of the molecule is C=Cc1ccc(C2(O)COC2)cc1.CN1CCC(c2ccc(C(F)(F)F)cc2)CC1. The van der Waals surface area contributed by atoms with Gasteiger partial charge in [0.2, 0.25) is 0 Å². The van der Waals surface area contributed by atoms with Crippen LogP contribution in [0.25, 0.3) is 6.08 Å². The molecular weight excluding hydrogens is 391 g/mol. The maximum atomic E-state index is 12.4. The van der Waals surface area contributed by atoms with Crippen LogP contribution in [-0.4, -0.2) is 43.4 Å². The Bertz CT molecular complexity index is 819. The second-order valence-electron chi connectivity index (χ2n) is 8.05. The summed E-state index contributed by atoms with van der Waals surface area (Å²) in [6.45, 7) is 6.52. The van der Waals surface area contributed by atoms with Gasteiger partial charge in [0.15, 0.2) is 0 Å². The number of alkyl halides is 3. The normalized spacial score (nSPS) is 19.4. The molecule has 0 bridgehead atoms. The van der Waals surface area contributed by atoms with Gasteiger partial charge in [0.25, 0.3) is 0 Å². The van der Waals surface area contributed by atoms with Gasteiger partial charge in [-0.15, -0.1) is 0 Å². The molecule has 0 radical (unpaired) electrons. The number of benzene rings is 2. The maximum Gasteiger partial charge on any atom is 0.416 e. The van der Waals surface area contributed by atoms with Gasteiger partial charge in [0.05, 0.1) is 18.8 Å². The number of nitrogens with zero attached hydrogens (tertiary/aromatic N) is 1. The van der Waals surface area contributed by atoms with E-state index < -0.39 is 17.3 Å². The number of ether oxygens (including phenoxy) is 1. The van der Waals surface area contributed by atoms with Crippen molar-refractivity contribution in [3.8, 4) is 0 Å². The van der Waals surface area contributed by atoms with E-state index in [4.69, 9.17) is 4.74 Å². The summed E-state index contributed by atoms with van der Waals surface area (Å²) in [5, 5.41) is 9.89. The Hall–Kier alpha value is -2.15. The lowest BCUT2D eigenvalue weighted by Crippen LogP contribution is -2.46. The molecule has 2 heterocycles. The van der Waals surface area contributed by atoms with E-state index in [-0.39, 0.29) is 0 Å². The third-order valence-electron chi connectivity index (χ3n) is 5.79. The van der Waals surface area contributed by atoms with Crippen molar-refractivity contribution in [1.29, 1.82) is 0 Å². The molecule has 2 aromatic rings. The first-order valence-electron chi connectivity index (χ1n) is 10.1. The van der Waals surface area contributed by atoms with Crippen molar-refractivity contribution in [2.75, 3.05) is 33.4 Å². The third kappa shape index (κ3) is 5.50. The first-order valence-corrected chi connectivity index (χ1v) is 10.1. The number of likely N-dealkylation sites (tertiary alicyclic amines) is 1. The number of piperidine rings is 1. The summed E-state index contributed by atoms with van der Waals surface area (Å²) in [5.41, 5.74) is 1.71. The number of hydrogen-bond acceptors (Lipinski definition) is 3. The summed E-state index contributed by atoms with van der Waals surface area (Å²) in [5.74, 6) is 0.411. The fourth-order valence-electron chi connectivity index (χ4n) is 3.68. The van der Waals surface area contributed by atoms with E-state index in [1.165, 1.54) is 12.1 Å². The van der Waals surface area contributed by atoms with E-state index in [2.05, 4.69) is 18.5 Å². The molecule has 0 aliphatic carbocycles. The van der Waals surface area contributed by atoms with Crippen LogP contribution >= 0.6 is 0 Å². The van der Waals surface area contributed by atoms with Crippen molar-refractivity contribution in [3.05, 3.63) is 77.4 Å². The van der Waals surface area contributed by atoms with Gasteiger partial charge < -0.3 is 14.7 Å². The highest BCUT2D eigenvalue weighted by Gasteiger charge is 2.37. The van der Waals surface area contributed by atoms with Crippen LogP contribution in [0.4, 0.5) is 13.2 Å². The molecule has 2 aliphatic heterocycles. The Morgan fingerprint density at radius 1 is 1.03 bits per heavy atom. The molecule has 162 valence electrons. The third-order valence-corrected chi connectivity index (χ3v) is 5.79. The van der Waals surface area contributed by atoms with Crippen molar-refractivity contribution in [3.63, 3.8) is 0 Å². The van der Waals surface area contributed by atoms with Crippen LogP contribution in [0.15, 0.2) is 55.1 Å². The summed E-state index contributed by atoms with van der Waals surface area (Å²) in [7, 11) is 2.07. The molecule has 2 aromatic carbocycles. The predicted molar refractivity (Wildman–Crippen MR) is 112 cm³/mol. The highest BCUT2D eigenvalue weighted by atomic mass is 19.4. The van der Waals surface area contributed by atoms with Crippen molar-refractivity contribution in [1.82, 2.24) is 4.90 Å². The lowest BCUT2D eigenvalue weighted by atomic mass is 9.89. The molecule has 0 spiro atoms. The number of halogens is 3. The summed E-state index contributed by atoms with van der Waals surface area (Å²) in [4.78, 5) is 2.25. The van der Waals surface area contributed by atoms with Crippen LogP contribution < -0.4 is 0 Å². The molecular formula is C24H28F3NO2. The molecule has 0 unspecified atom stereocenters. The minimum Gasteiger partial charge on any atom is -0.380 e. The molecule has 2 saturated heterocycles. The highest BCUT2D eigenvalue weighted by molar-refractivity contribution is 5.48. The van der Waals surface area contributed by atoms with E-state index in [1.54, 1.807) is 18.2 Å². The first kappa shape index (κ1) is 22.5. The number of aliphatic hydroxyl groups is 1. The van der Waals surface area contributed by atoms with Gasteiger partial charge in [-0.05, 0) is 67.7 Å². The van der Waals surface area contributed by atoms with Crippen molar-refractivity contribution in [2.45, 2.75) is 30.5 Å². The Morgan fingerprint density at radius 2 is 1.60 bits per heavy atom. The lowest BCUT2D eigenvalue weighted by molar-refractivity contribution is -0.184. The minimum atomic E-state index is -4.23.